The molecule has 4 atom stereocenters. The Morgan fingerprint density at radius 2 is 1.89 bits per heavy atom. The van der Waals surface area contributed by atoms with Crippen LogP contribution in [0.5, 0.6) is 0 Å². The largest absolute Gasteiger partial charge is 0.394 e. The minimum atomic E-state index is -1.34. The molecule has 1 aromatic heterocycles. The molecule has 1 aliphatic heterocycles. The van der Waals surface area contributed by atoms with Crippen LogP contribution in [0.1, 0.15) is 17.4 Å². The first-order valence-corrected chi connectivity index (χ1v) is 5.41. The molecule has 8 heteroatoms. The summed E-state index contributed by atoms with van der Waals surface area (Å²) in [5.74, 6) is 0. The average Bonchev–Trinajstić information content (AvgIpc) is 2.56. The number of rotatable bonds is 2. The second-order valence-corrected chi connectivity index (χ2v) is 4.21. The fourth-order valence-electron chi connectivity index (χ4n) is 2.09. The Hall–Kier alpha value is -1.48. The highest BCUT2D eigenvalue weighted by Gasteiger charge is 2.44. The first kappa shape index (κ1) is 13.0. The van der Waals surface area contributed by atoms with E-state index < -0.39 is 42.3 Å². The summed E-state index contributed by atoms with van der Waals surface area (Å²) in [6, 6.07) is 0. The number of ether oxygens (including phenoxy) is 1. The van der Waals surface area contributed by atoms with Crippen LogP contribution in [0.4, 0.5) is 0 Å². The third kappa shape index (κ3) is 1.99. The fourth-order valence-corrected chi connectivity index (χ4v) is 2.09. The number of H-pyrrole nitrogens is 2. The van der Waals surface area contributed by atoms with Crippen molar-refractivity contribution in [2.24, 2.45) is 0 Å². The van der Waals surface area contributed by atoms with Gasteiger partial charge in [0.05, 0.1) is 12.2 Å². The Morgan fingerprint density at radius 1 is 1.22 bits per heavy atom. The average molecular weight is 258 g/mol. The predicted octanol–water partition coefficient (Wildman–Crippen LogP) is -2.47. The summed E-state index contributed by atoms with van der Waals surface area (Å²) in [5.41, 5.74) is -1.06. The van der Waals surface area contributed by atoms with E-state index in [1.165, 1.54) is 6.92 Å². The lowest BCUT2D eigenvalue weighted by atomic mass is 10.0. The zero-order chi connectivity index (χ0) is 13.4. The molecule has 1 saturated heterocycles. The minimum Gasteiger partial charge on any atom is -0.394 e. The van der Waals surface area contributed by atoms with E-state index in [1.54, 1.807) is 0 Å². The van der Waals surface area contributed by atoms with Crippen molar-refractivity contribution in [1.82, 2.24) is 9.97 Å². The molecule has 0 saturated carbocycles. The fraction of sp³-hybridized carbons (Fsp3) is 0.600. The Kier molecular flexibility index (Phi) is 3.35. The summed E-state index contributed by atoms with van der Waals surface area (Å²) < 4.78 is 5.23. The van der Waals surface area contributed by atoms with Crippen LogP contribution in [0.15, 0.2) is 9.59 Å². The lowest BCUT2D eigenvalue weighted by Crippen LogP contribution is -2.34. The van der Waals surface area contributed by atoms with Gasteiger partial charge in [0.2, 0.25) is 0 Å². The number of hydrogen-bond acceptors (Lipinski definition) is 6. The van der Waals surface area contributed by atoms with E-state index in [0.29, 0.717) is 0 Å². The number of aromatic nitrogens is 2. The lowest BCUT2D eigenvalue weighted by molar-refractivity contribution is -0.0234. The van der Waals surface area contributed by atoms with Crippen LogP contribution in [0.25, 0.3) is 0 Å². The molecule has 1 aromatic rings. The smallest absolute Gasteiger partial charge is 0.325 e. The zero-order valence-electron chi connectivity index (χ0n) is 9.58. The van der Waals surface area contributed by atoms with Gasteiger partial charge in [-0.3, -0.25) is 9.78 Å². The topological polar surface area (TPSA) is 136 Å². The maximum Gasteiger partial charge on any atom is 0.325 e. The normalized spacial score (nSPS) is 31.8. The van der Waals surface area contributed by atoms with Crippen molar-refractivity contribution in [2.45, 2.75) is 31.3 Å². The van der Waals surface area contributed by atoms with E-state index in [0.717, 1.165) is 0 Å². The summed E-state index contributed by atoms with van der Waals surface area (Å²) in [6.07, 6.45) is -4.67. The molecule has 100 valence electrons. The number of hydrogen-bond donors (Lipinski definition) is 5. The zero-order valence-corrected chi connectivity index (χ0v) is 9.58. The van der Waals surface area contributed by atoms with Crippen LogP contribution in [-0.4, -0.2) is 50.2 Å². The Labute approximate surface area is 101 Å². The number of nitrogens with one attached hydrogen (secondary N) is 2. The maximum absolute atomic E-state index is 11.7. The van der Waals surface area contributed by atoms with Crippen molar-refractivity contribution in [3.05, 3.63) is 32.1 Å². The number of aliphatic hydroxyl groups is 3. The van der Waals surface area contributed by atoms with Gasteiger partial charge in [-0.25, -0.2) is 4.79 Å². The SMILES string of the molecule is Cc1[nH]c(=O)[nH]c(=O)c1[C@@H]1O[C@H](CO)C(O)[C@@H]1O. The molecule has 1 aliphatic rings. The highest BCUT2D eigenvalue weighted by Crippen LogP contribution is 2.32. The van der Waals surface area contributed by atoms with Crippen LogP contribution >= 0.6 is 0 Å². The van der Waals surface area contributed by atoms with Crippen LogP contribution in [0, 0.1) is 6.92 Å². The van der Waals surface area contributed by atoms with Crippen LogP contribution in [-0.2, 0) is 4.74 Å². The molecule has 1 unspecified atom stereocenters. The molecule has 0 radical (unpaired) electrons. The molecule has 8 nitrogen and oxygen atoms in total. The quantitative estimate of drug-likeness (QED) is 0.398. The Morgan fingerprint density at radius 3 is 2.39 bits per heavy atom. The highest BCUT2D eigenvalue weighted by molar-refractivity contribution is 5.21. The molecule has 1 fully saturated rings. The van der Waals surface area contributed by atoms with Gasteiger partial charge in [-0.2, -0.15) is 0 Å². The molecular weight excluding hydrogens is 244 g/mol. The van der Waals surface area contributed by atoms with E-state index in [1.807, 2.05) is 4.98 Å². The highest BCUT2D eigenvalue weighted by atomic mass is 16.6. The molecular formula is C10H14N2O6. The molecule has 2 heterocycles. The van der Waals surface area contributed by atoms with E-state index in [4.69, 9.17) is 9.84 Å². The molecule has 0 bridgehead atoms. The van der Waals surface area contributed by atoms with Gasteiger partial charge < -0.3 is 25.0 Å². The summed E-state index contributed by atoms with van der Waals surface area (Å²) >= 11 is 0. The van der Waals surface area contributed by atoms with Gasteiger partial charge in [-0.05, 0) is 6.92 Å². The number of aliphatic hydroxyl groups excluding tert-OH is 3. The van der Waals surface area contributed by atoms with Crippen molar-refractivity contribution in [3.8, 4) is 0 Å². The van der Waals surface area contributed by atoms with Crippen LogP contribution < -0.4 is 11.2 Å². The summed E-state index contributed by atoms with van der Waals surface area (Å²) in [4.78, 5) is 27.1. The maximum atomic E-state index is 11.7. The molecule has 0 amide bonds. The Bertz CT molecular complexity index is 550. The van der Waals surface area contributed by atoms with Gasteiger partial charge in [-0.15, -0.1) is 0 Å². The van der Waals surface area contributed by atoms with Crippen LogP contribution in [0.3, 0.4) is 0 Å². The Balaban J connectivity index is 2.45. The molecule has 0 aromatic carbocycles. The second kappa shape index (κ2) is 4.65. The number of aromatic amines is 2. The first-order chi connectivity index (χ1) is 8.45. The van der Waals surface area contributed by atoms with E-state index in [9.17, 15) is 19.8 Å². The first-order valence-electron chi connectivity index (χ1n) is 5.41. The third-order valence-corrected chi connectivity index (χ3v) is 3.00. The summed E-state index contributed by atoms with van der Waals surface area (Å²) in [5, 5.41) is 28.4. The molecule has 0 spiro atoms. The van der Waals surface area contributed by atoms with E-state index in [-0.39, 0.29) is 11.3 Å². The standard InChI is InChI=1S/C10H14N2O6/c1-3-5(9(16)12-10(17)11-3)8-7(15)6(14)4(2-13)18-8/h4,6-8,13-15H,2H2,1H3,(H2,11,12,16,17)/t4-,6?,7+,8+/m1/s1. The summed E-state index contributed by atoms with van der Waals surface area (Å²) in [7, 11) is 0. The van der Waals surface area contributed by atoms with Gasteiger partial charge in [0, 0.05) is 5.69 Å². The predicted molar refractivity (Wildman–Crippen MR) is 59.1 cm³/mol. The van der Waals surface area contributed by atoms with Gasteiger partial charge >= 0.3 is 5.69 Å². The second-order valence-electron chi connectivity index (χ2n) is 4.21. The van der Waals surface area contributed by atoms with Crippen molar-refractivity contribution >= 4 is 0 Å². The van der Waals surface area contributed by atoms with E-state index >= 15 is 0 Å². The van der Waals surface area contributed by atoms with Gasteiger partial charge in [0.1, 0.15) is 24.4 Å². The van der Waals surface area contributed by atoms with Crippen molar-refractivity contribution in [2.75, 3.05) is 6.61 Å². The van der Waals surface area contributed by atoms with E-state index in [2.05, 4.69) is 4.98 Å². The number of aryl methyl sites for hydroxylation is 1. The van der Waals surface area contributed by atoms with Crippen molar-refractivity contribution in [3.63, 3.8) is 0 Å². The van der Waals surface area contributed by atoms with Gasteiger partial charge in [0.25, 0.3) is 5.56 Å². The molecule has 0 aliphatic carbocycles. The van der Waals surface area contributed by atoms with Gasteiger partial charge in [0.15, 0.2) is 0 Å². The van der Waals surface area contributed by atoms with Gasteiger partial charge in [-0.1, -0.05) is 0 Å². The summed E-state index contributed by atoms with van der Waals surface area (Å²) in [6.45, 7) is 1.01. The third-order valence-electron chi connectivity index (χ3n) is 3.00. The monoisotopic (exact) mass is 258 g/mol. The van der Waals surface area contributed by atoms with Crippen molar-refractivity contribution < 1.29 is 20.1 Å². The molecule has 2 rings (SSSR count). The van der Waals surface area contributed by atoms with Crippen molar-refractivity contribution in [1.29, 1.82) is 0 Å². The lowest BCUT2D eigenvalue weighted by Gasteiger charge is -2.15. The van der Waals surface area contributed by atoms with Crippen LogP contribution in [0.2, 0.25) is 0 Å². The molecule has 18 heavy (non-hydrogen) atoms. The molecule has 5 N–H and O–H groups in total. The minimum absolute atomic E-state index is 0.0390.